The number of nitrogens with one attached hydrogen (secondary N) is 1. The molecule has 7 nitrogen and oxygen atoms in total. The number of hydrogen-bond acceptors (Lipinski definition) is 4. The summed E-state index contributed by atoms with van der Waals surface area (Å²) in [6.07, 6.45) is 5.58. The normalized spacial score (nSPS) is 22.0. The number of para-hydroxylation sites is 2. The average Bonchev–Trinajstić information content (AvgIpc) is 3.37. The van der Waals surface area contributed by atoms with Gasteiger partial charge in [-0.25, -0.2) is 9.97 Å². The summed E-state index contributed by atoms with van der Waals surface area (Å²) in [5, 5.41) is 13.7. The highest BCUT2D eigenvalue weighted by Gasteiger charge is 2.37. The second-order valence-corrected chi connectivity index (χ2v) is 7.45. The maximum atomic E-state index is 12.5. The summed E-state index contributed by atoms with van der Waals surface area (Å²) in [6.45, 7) is 4.84. The number of fused-ring (bicyclic) bond motifs is 1. The quantitative estimate of drug-likeness (QED) is 0.687. The highest BCUT2D eigenvalue weighted by molar-refractivity contribution is 5.78. The van der Waals surface area contributed by atoms with Crippen molar-refractivity contribution in [2.45, 2.75) is 64.3 Å². The molecule has 2 aromatic heterocycles. The van der Waals surface area contributed by atoms with E-state index < -0.39 is 6.10 Å². The largest absolute Gasteiger partial charge is 0.389 e. The monoisotopic (exact) mass is 381 g/mol. The lowest BCUT2D eigenvalue weighted by Crippen LogP contribution is -2.42. The van der Waals surface area contributed by atoms with E-state index in [2.05, 4.69) is 32.8 Å². The van der Waals surface area contributed by atoms with Crippen molar-refractivity contribution in [3.63, 3.8) is 0 Å². The standard InChI is InChI=1S/C21H27N5O2/c1-3-25-17-7-5-4-6-15(17)23-19(25)10-11-20(27)24-16-8-9-18(21(16)28)26-13-12-22-14(26)2/h4-7,12-13,16,18,21,28H,3,8-11H2,1-2H3,(H,24,27)/t16-,18-,21-/m1/s1. The fourth-order valence-electron chi connectivity index (χ4n) is 4.33. The van der Waals surface area contributed by atoms with E-state index in [1.54, 1.807) is 6.20 Å². The van der Waals surface area contributed by atoms with Gasteiger partial charge in [-0.05, 0) is 38.8 Å². The first-order chi connectivity index (χ1) is 13.6. The minimum absolute atomic E-state index is 0.0305. The van der Waals surface area contributed by atoms with Crippen molar-refractivity contribution in [3.05, 3.63) is 48.3 Å². The molecule has 0 aliphatic heterocycles. The Hall–Kier alpha value is -2.67. The molecule has 0 spiro atoms. The molecule has 148 valence electrons. The molecular weight excluding hydrogens is 354 g/mol. The van der Waals surface area contributed by atoms with Crippen molar-refractivity contribution in [1.29, 1.82) is 0 Å². The Morgan fingerprint density at radius 2 is 2.14 bits per heavy atom. The van der Waals surface area contributed by atoms with Crippen LogP contribution in [0.15, 0.2) is 36.7 Å². The van der Waals surface area contributed by atoms with Crippen LogP contribution in [0.3, 0.4) is 0 Å². The topological polar surface area (TPSA) is 85.0 Å². The molecule has 28 heavy (non-hydrogen) atoms. The minimum atomic E-state index is -0.600. The Morgan fingerprint density at radius 3 is 2.89 bits per heavy atom. The van der Waals surface area contributed by atoms with Gasteiger partial charge in [0.15, 0.2) is 0 Å². The molecule has 0 saturated heterocycles. The Balaban J connectivity index is 1.37. The Bertz CT molecular complexity index is 976. The van der Waals surface area contributed by atoms with Crippen LogP contribution in [0, 0.1) is 6.92 Å². The summed E-state index contributed by atoms with van der Waals surface area (Å²) >= 11 is 0. The SMILES string of the molecule is CCn1c(CCC(=O)N[C@@H]2CC[C@@H](n3ccnc3C)[C@@H]2O)nc2ccccc21. The lowest BCUT2D eigenvalue weighted by molar-refractivity contribution is -0.122. The minimum Gasteiger partial charge on any atom is -0.389 e. The fourth-order valence-corrected chi connectivity index (χ4v) is 4.33. The first-order valence-electron chi connectivity index (χ1n) is 9.99. The van der Waals surface area contributed by atoms with E-state index in [0.29, 0.717) is 12.8 Å². The summed E-state index contributed by atoms with van der Waals surface area (Å²) in [7, 11) is 0. The predicted octanol–water partition coefficient (Wildman–Crippen LogP) is 2.37. The molecule has 0 unspecified atom stereocenters. The highest BCUT2D eigenvalue weighted by Crippen LogP contribution is 2.31. The number of rotatable bonds is 6. The van der Waals surface area contributed by atoms with Gasteiger partial charge in [0.2, 0.25) is 5.91 Å². The summed E-state index contributed by atoms with van der Waals surface area (Å²) in [6, 6.07) is 7.79. The van der Waals surface area contributed by atoms with Crippen molar-refractivity contribution in [2.24, 2.45) is 0 Å². The van der Waals surface area contributed by atoms with Crippen molar-refractivity contribution < 1.29 is 9.90 Å². The van der Waals surface area contributed by atoms with Crippen LogP contribution in [-0.4, -0.2) is 42.3 Å². The molecule has 3 atom stereocenters. The first kappa shape index (κ1) is 18.7. The lowest BCUT2D eigenvalue weighted by Gasteiger charge is -2.22. The van der Waals surface area contributed by atoms with Gasteiger partial charge in [0, 0.05) is 31.8 Å². The van der Waals surface area contributed by atoms with E-state index in [0.717, 1.165) is 42.1 Å². The number of nitrogens with zero attached hydrogens (tertiary/aromatic N) is 4. The van der Waals surface area contributed by atoms with Crippen LogP contribution in [0.1, 0.15) is 43.9 Å². The van der Waals surface area contributed by atoms with Crippen LogP contribution in [0.5, 0.6) is 0 Å². The molecule has 1 saturated carbocycles. The molecule has 2 heterocycles. The van der Waals surface area contributed by atoms with Crippen LogP contribution in [0.4, 0.5) is 0 Å². The van der Waals surface area contributed by atoms with Gasteiger partial charge in [-0.3, -0.25) is 4.79 Å². The third-order valence-corrected chi connectivity index (χ3v) is 5.77. The molecule has 1 aromatic carbocycles. The molecule has 1 aliphatic carbocycles. The Morgan fingerprint density at radius 1 is 1.32 bits per heavy atom. The zero-order valence-electron chi connectivity index (χ0n) is 16.4. The number of aromatic nitrogens is 4. The number of hydrogen-bond donors (Lipinski definition) is 2. The molecule has 4 rings (SSSR count). The molecule has 1 aliphatic rings. The van der Waals surface area contributed by atoms with E-state index in [1.165, 1.54) is 0 Å². The summed E-state index contributed by atoms with van der Waals surface area (Å²) in [5.74, 6) is 1.77. The van der Waals surface area contributed by atoms with Crippen LogP contribution in [-0.2, 0) is 17.8 Å². The molecule has 0 radical (unpaired) electrons. The zero-order valence-corrected chi connectivity index (χ0v) is 16.4. The summed E-state index contributed by atoms with van der Waals surface area (Å²) in [4.78, 5) is 21.4. The van der Waals surface area contributed by atoms with E-state index >= 15 is 0 Å². The van der Waals surface area contributed by atoms with Crippen molar-refractivity contribution in [2.75, 3.05) is 0 Å². The molecule has 3 aromatic rings. The number of aryl methyl sites for hydroxylation is 3. The average molecular weight is 381 g/mol. The van der Waals surface area contributed by atoms with Gasteiger partial charge in [-0.1, -0.05) is 12.1 Å². The van der Waals surface area contributed by atoms with Gasteiger partial charge in [0.25, 0.3) is 0 Å². The number of aliphatic hydroxyl groups is 1. The van der Waals surface area contributed by atoms with Crippen LogP contribution in [0.25, 0.3) is 11.0 Å². The van der Waals surface area contributed by atoms with Gasteiger partial charge < -0.3 is 19.6 Å². The lowest BCUT2D eigenvalue weighted by atomic mass is 10.1. The van der Waals surface area contributed by atoms with Gasteiger partial charge >= 0.3 is 0 Å². The molecule has 1 fully saturated rings. The van der Waals surface area contributed by atoms with Gasteiger partial charge in [-0.2, -0.15) is 0 Å². The second-order valence-electron chi connectivity index (χ2n) is 7.45. The van der Waals surface area contributed by atoms with Crippen molar-refractivity contribution in [3.8, 4) is 0 Å². The van der Waals surface area contributed by atoms with Crippen LogP contribution in [0.2, 0.25) is 0 Å². The van der Waals surface area contributed by atoms with E-state index in [4.69, 9.17) is 0 Å². The van der Waals surface area contributed by atoms with E-state index in [1.807, 2.05) is 35.9 Å². The van der Waals surface area contributed by atoms with Crippen molar-refractivity contribution >= 4 is 16.9 Å². The fraction of sp³-hybridized carbons (Fsp3) is 0.476. The van der Waals surface area contributed by atoms with Gasteiger partial charge in [0.1, 0.15) is 11.6 Å². The van der Waals surface area contributed by atoms with E-state index in [-0.39, 0.29) is 18.0 Å². The maximum absolute atomic E-state index is 12.5. The number of carbonyl (C=O) groups is 1. The molecule has 1 amide bonds. The van der Waals surface area contributed by atoms with Gasteiger partial charge in [0.05, 0.1) is 29.2 Å². The number of imidazole rings is 2. The molecule has 0 bridgehead atoms. The summed E-state index contributed by atoms with van der Waals surface area (Å²) in [5.41, 5.74) is 2.06. The highest BCUT2D eigenvalue weighted by atomic mass is 16.3. The van der Waals surface area contributed by atoms with E-state index in [9.17, 15) is 9.90 Å². The van der Waals surface area contributed by atoms with Crippen LogP contribution < -0.4 is 5.32 Å². The Kier molecular flexibility index (Phi) is 5.17. The predicted molar refractivity (Wildman–Crippen MR) is 107 cm³/mol. The smallest absolute Gasteiger partial charge is 0.220 e. The summed E-state index contributed by atoms with van der Waals surface area (Å²) < 4.78 is 4.16. The third-order valence-electron chi connectivity index (χ3n) is 5.77. The maximum Gasteiger partial charge on any atom is 0.220 e. The molecule has 7 heteroatoms. The second kappa shape index (κ2) is 7.75. The number of benzene rings is 1. The van der Waals surface area contributed by atoms with Gasteiger partial charge in [-0.15, -0.1) is 0 Å². The number of aliphatic hydroxyl groups excluding tert-OH is 1. The third kappa shape index (κ3) is 3.42. The van der Waals surface area contributed by atoms with Crippen molar-refractivity contribution in [1.82, 2.24) is 24.4 Å². The number of amides is 1. The zero-order chi connectivity index (χ0) is 19.7. The number of carbonyl (C=O) groups excluding carboxylic acids is 1. The molecule has 2 N–H and O–H groups in total. The van der Waals surface area contributed by atoms with Crippen LogP contribution >= 0.6 is 0 Å². The molecular formula is C21H27N5O2. The first-order valence-corrected chi connectivity index (χ1v) is 9.99. The Labute approximate surface area is 164 Å².